The molecule has 18 heavy (non-hydrogen) atoms. The Labute approximate surface area is 107 Å². The van der Waals surface area contributed by atoms with E-state index in [2.05, 4.69) is 23.9 Å². The SMILES string of the molecule is C=Cn1cc(CNC(C)CN2CCCC2=O)cn1. The molecule has 0 aromatic carbocycles. The van der Waals surface area contributed by atoms with Gasteiger partial charge in [0.2, 0.25) is 5.91 Å². The van der Waals surface area contributed by atoms with Crippen molar-refractivity contribution in [2.45, 2.75) is 32.4 Å². The molecule has 1 atom stereocenters. The molecule has 1 amide bonds. The van der Waals surface area contributed by atoms with Crippen LogP contribution in [0.2, 0.25) is 0 Å². The minimum atomic E-state index is 0.281. The fourth-order valence-corrected chi connectivity index (χ4v) is 2.15. The fourth-order valence-electron chi connectivity index (χ4n) is 2.15. The van der Waals surface area contributed by atoms with E-state index in [1.54, 1.807) is 10.9 Å². The highest BCUT2D eigenvalue weighted by molar-refractivity contribution is 5.78. The molecule has 1 aromatic heterocycles. The van der Waals surface area contributed by atoms with E-state index in [0.717, 1.165) is 31.6 Å². The maximum atomic E-state index is 11.5. The van der Waals surface area contributed by atoms with Crippen LogP contribution in [0.3, 0.4) is 0 Å². The van der Waals surface area contributed by atoms with Gasteiger partial charge in [-0.1, -0.05) is 6.58 Å². The molecule has 1 aliphatic heterocycles. The van der Waals surface area contributed by atoms with Crippen molar-refractivity contribution < 1.29 is 4.79 Å². The van der Waals surface area contributed by atoms with Crippen molar-refractivity contribution in [2.24, 2.45) is 0 Å². The molecule has 98 valence electrons. The highest BCUT2D eigenvalue weighted by atomic mass is 16.2. The van der Waals surface area contributed by atoms with E-state index in [1.807, 2.05) is 17.3 Å². The number of aromatic nitrogens is 2. The summed E-state index contributed by atoms with van der Waals surface area (Å²) >= 11 is 0. The van der Waals surface area contributed by atoms with Crippen LogP contribution in [0.25, 0.3) is 6.20 Å². The fraction of sp³-hybridized carbons (Fsp3) is 0.538. The maximum Gasteiger partial charge on any atom is 0.222 e. The van der Waals surface area contributed by atoms with Gasteiger partial charge in [-0.05, 0) is 13.3 Å². The van der Waals surface area contributed by atoms with Crippen LogP contribution in [0.4, 0.5) is 0 Å². The average molecular weight is 248 g/mol. The van der Waals surface area contributed by atoms with Crippen LogP contribution in [-0.2, 0) is 11.3 Å². The average Bonchev–Trinajstić information content (AvgIpc) is 2.97. The third-order valence-corrected chi connectivity index (χ3v) is 3.16. The van der Waals surface area contributed by atoms with E-state index in [9.17, 15) is 4.79 Å². The second-order valence-corrected chi connectivity index (χ2v) is 4.74. The van der Waals surface area contributed by atoms with Crippen molar-refractivity contribution in [3.63, 3.8) is 0 Å². The van der Waals surface area contributed by atoms with Crippen LogP contribution in [0.15, 0.2) is 19.0 Å². The minimum absolute atomic E-state index is 0.281. The molecule has 1 aromatic rings. The predicted molar refractivity (Wildman–Crippen MR) is 70.7 cm³/mol. The Kier molecular flexibility index (Phi) is 4.15. The molecule has 2 rings (SSSR count). The number of carbonyl (C=O) groups excluding carboxylic acids is 1. The van der Waals surface area contributed by atoms with Gasteiger partial charge >= 0.3 is 0 Å². The van der Waals surface area contributed by atoms with Gasteiger partial charge in [0, 0.05) is 50.1 Å². The third-order valence-electron chi connectivity index (χ3n) is 3.16. The topological polar surface area (TPSA) is 50.2 Å². The molecular weight excluding hydrogens is 228 g/mol. The van der Waals surface area contributed by atoms with Gasteiger partial charge in [0.15, 0.2) is 0 Å². The Hall–Kier alpha value is -1.62. The number of nitrogens with zero attached hydrogens (tertiary/aromatic N) is 3. The van der Waals surface area contributed by atoms with Gasteiger partial charge in [-0.15, -0.1) is 0 Å². The smallest absolute Gasteiger partial charge is 0.222 e. The largest absolute Gasteiger partial charge is 0.341 e. The Morgan fingerprint density at radius 3 is 3.11 bits per heavy atom. The van der Waals surface area contributed by atoms with Crippen LogP contribution in [0, 0.1) is 0 Å². The van der Waals surface area contributed by atoms with Crippen molar-refractivity contribution in [2.75, 3.05) is 13.1 Å². The molecule has 0 bridgehead atoms. The van der Waals surface area contributed by atoms with E-state index >= 15 is 0 Å². The summed E-state index contributed by atoms with van der Waals surface area (Å²) < 4.78 is 1.69. The van der Waals surface area contributed by atoms with Crippen molar-refractivity contribution in [3.05, 3.63) is 24.5 Å². The molecule has 2 heterocycles. The van der Waals surface area contributed by atoms with Crippen LogP contribution >= 0.6 is 0 Å². The molecule has 5 nitrogen and oxygen atoms in total. The molecule has 1 fully saturated rings. The molecule has 1 saturated heterocycles. The molecular formula is C13H20N4O. The summed E-state index contributed by atoms with van der Waals surface area (Å²) in [5.74, 6) is 0.281. The Morgan fingerprint density at radius 1 is 1.67 bits per heavy atom. The van der Waals surface area contributed by atoms with Crippen LogP contribution < -0.4 is 5.32 Å². The highest BCUT2D eigenvalue weighted by Crippen LogP contribution is 2.10. The van der Waals surface area contributed by atoms with E-state index in [0.29, 0.717) is 12.5 Å². The Bertz CT molecular complexity index is 426. The molecule has 0 aliphatic carbocycles. The first-order valence-corrected chi connectivity index (χ1v) is 6.36. The number of hydrogen-bond donors (Lipinski definition) is 1. The number of likely N-dealkylation sites (tertiary alicyclic amines) is 1. The van der Waals surface area contributed by atoms with Gasteiger partial charge in [0.05, 0.1) is 6.20 Å². The summed E-state index contributed by atoms with van der Waals surface area (Å²) in [7, 11) is 0. The Morgan fingerprint density at radius 2 is 2.50 bits per heavy atom. The summed E-state index contributed by atoms with van der Waals surface area (Å²) in [4.78, 5) is 13.4. The standard InChI is InChI=1S/C13H20N4O/c1-3-17-10-12(8-15-17)7-14-11(2)9-16-6-4-5-13(16)18/h3,8,10-11,14H,1,4-7,9H2,2H3. The maximum absolute atomic E-state index is 11.5. The van der Waals surface area contributed by atoms with Gasteiger partial charge in [-0.3, -0.25) is 4.79 Å². The number of carbonyl (C=O) groups is 1. The van der Waals surface area contributed by atoms with Gasteiger partial charge in [0.25, 0.3) is 0 Å². The van der Waals surface area contributed by atoms with Crippen molar-refractivity contribution in [1.82, 2.24) is 20.0 Å². The first kappa shape index (κ1) is 12.8. The van der Waals surface area contributed by atoms with Gasteiger partial charge in [-0.2, -0.15) is 5.10 Å². The summed E-state index contributed by atoms with van der Waals surface area (Å²) in [5, 5.41) is 7.52. The lowest BCUT2D eigenvalue weighted by atomic mass is 10.3. The second kappa shape index (κ2) is 5.82. The zero-order valence-corrected chi connectivity index (χ0v) is 10.8. The third kappa shape index (κ3) is 3.20. The normalized spacial score (nSPS) is 17.2. The Balaban J connectivity index is 1.75. The lowest BCUT2D eigenvalue weighted by Gasteiger charge is -2.21. The van der Waals surface area contributed by atoms with Crippen LogP contribution in [-0.4, -0.2) is 39.7 Å². The van der Waals surface area contributed by atoms with E-state index in [-0.39, 0.29) is 5.91 Å². The zero-order chi connectivity index (χ0) is 13.0. The molecule has 0 radical (unpaired) electrons. The molecule has 1 aliphatic rings. The quantitative estimate of drug-likeness (QED) is 0.819. The molecule has 0 spiro atoms. The van der Waals surface area contributed by atoms with E-state index < -0.39 is 0 Å². The number of hydrogen-bond acceptors (Lipinski definition) is 3. The van der Waals surface area contributed by atoms with E-state index in [4.69, 9.17) is 0 Å². The molecule has 1 unspecified atom stereocenters. The lowest BCUT2D eigenvalue weighted by Crippen LogP contribution is -2.39. The van der Waals surface area contributed by atoms with E-state index in [1.165, 1.54) is 0 Å². The minimum Gasteiger partial charge on any atom is -0.341 e. The van der Waals surface area contributed by atoms with Crippen LogP contribution in [0.1, 0.15) is 25.3 Å². The van der Waals surface area contributed by atoms with Crippen molar-refractivity contribution in [3.8, 4) is 0 Å². The summed E-state index contributed by atoms with van der Waals surface area (Å²) in [6.45, 7) is 8.20. The number of amides is 1. The zero-order valence-electron chi connectivity index (χ0n) is 10.8. The predicted octanol–water partition coefficient (Wildman–Crippen LogP) is 1.08. The van der Waals surface area contributed by atoms with Gasteiger partial charge in [0.1, 0.15) is 0 Å². The number of nitrogens with one attached hydrogen (secondary N) is 1. The van der Waals surface area contributed by atoms with Gasteiger partial charge in [-0.25, -0.2) is 4.68 Å². The summed E-state index contributed by atoms with van der Waals surface area (Å²) in [6, 6.07) is 0.291. The number of rotatable bonds is 6. The molecule has 0 saturated carbocycles. The monoisotopic (exact) mass is 248 g/mol. The highest BCUT2D eigenvalue weighted by Gasteiger charge is 2.21. The summed E-state index contributed by atoms with van der Waals surface area (Å²) in [5.41, 5.74) is 1.12. The first-order valence-electron chi connectivity index (χ1n) is 6.36. The van der Waals surface area contributed by atoms with Crippen molar-refractivity contribution in [1.29, 1.82) is 0 Å². The lowest BCUT2D eigenvalue weighted by molar-refractivity contribution is -0.127. The second-order valence-electron chi connectivity index (χ2n) is 4.74. The van der Waals surface area contributed by atoms with Crippen molar-refractivity contribution >= 4 is 12.1 Å². The molecule has 1 N–H and O–H groups in total. The first-order chi connectivity index (χ1) is 8.69. The van der Waals surface area contributed by atoms with Crippen LogP contribution in [0.5, 0.6) is 0 Å². The van der Waals surface area contributed by atoms with Gasteiger partial charge < -0.3 is 10.2 Å². The summed E-state index contributed by atoms with van der Waals surface area (Å²) in [6.07, 6.45) is 7.13. The molecule has 5 heteroatoms.